The molecule has 2 amide bonds. The summed E-state index contributed by atoms with van der Waals surface area (Å²) in [7, 11) is 3.67. The minimum atomic E-state index is -1.10. The number of rotatable bonds is 9. The van der Waals surface area contributed by atoms with E-state index in [9.17, 15) is 24.3 Å². The molecule has 196 valence electrons. The van der Waals surface area contributed by atoms with Gasteiger partial charge < -0.3 is 30.9 Å². The van der Waals surface area contributed by atoms with Crippen LogP contribution in [0.4, 0.5) is 0 Å². The largest absolute Gasteiger partial charge is 0.477 e. The third kappa shape index (κ3) is 5.00. The van der Waals surface area contributed by atoms with E-state index < -0.39 is 5.97 Å². The standard InChI is InChI=1S/C24H37N5O5S.H2/c1-12(7-15(30)11-27(3)4)18-19-13(2)21(20(24(33)34)29(19)23(18)32)35-16-8-17(26-9-16)22(31)28-6-5-14(25)10-28;/h12-14,16-19,26H,5-11,25H2,1-4H3,(H,33,34);1H/t12-,13+,14-,16-,17-,18+,19?;/m0./s1. The van der Waals surface area contributed by atoms with Crippen LogP contribution in [-0.2, 0) is 19.2 Å². The summed E-state index contributed by atoms with van der Waals surface area (Å²) >= 11 is 1.48. The summed E-state index contributed by atoms with van der Waals surface area (Å²) in [5.74, 6) is -1.82. The lowest BCUT2D eigenvalue weighted by Gasteiger charge is -2.47. The molecule has 0 aromatic heterocycles. The highest BCUT2D eigenvalue weighted by Gasteiger charge is 2.60. The van der Waals surface area contributed by atoms with Gasteiger partial charge in [-0.15, -0.1) is 11.8 Å². The first-order chi connectivity index (χ1) is 16.5. The van der Waals surface area contributed by atoms with Crippen LogP contribution in [0.3, 0.4) is 0 Å². The topological polar surface area (TPSA) is 136 Å². The number of likely N-dealkylation sites (N-methyl/N-ethyl adjacent to an activating group) is 1. The normalized spacial score (nSPS) is 33.4. The number of thioether (sulfide) groups is 1. The van der Waals surface area contributed by atoms with Crippen LogP contribution in [0.1, 0.15) is 34.5 Å². The molecule has 1 unspecified atom stereocenters. The van der Waals surface area contributed by atoms with Gasteiger partial charge in [-0.1, -0.05) is 13.8 Å². The Bertz CT molecular complexity index is 946. The second kappa shape index (κ2) is 10.2. The van der Waals surface area contributed by atoms with Crippen molar-refractivity contribution < 1.29 is 25.7 Å². The molecular weight excluding hydrogens is 470 g/mol. The van der Waals surface area contributed by atoms with Gasteiger partial charge in [0.25, 0.3) is 0 Å². The summed E-state index contributed by atoms with van der Waals surface area (Å²) in [6.07, 6.45) is 1.72. The van der Waals surface area contributed by atoms with Crippen LogP contribution in [0.5, 0.6) is 0 Å². The second-order valence-electron chi connectivity index (χ2n) is 10.8. The molecule has 0 saturated carbocycles. The molecule has 7 atom stereocenters. The maximum Gasteiger partial charge on any atom is 0.353 e. The molecule has 3 saturated heterocycles. The molecule has 4 aliphatic rings. The number of nitrogens with two attached hydrogens (primary N) is 1. The van der Waals surface area contributed by atoms with Gasteiger partial charge in [-0.2, -0.15) is 0 Å². The molecule has 10 nitrogen and oxygen atoms in total. The second-order valence-corrected chi connectivity index (χ2v) is 12.1. The van der Waals surface area contributed by atoms with Gasteiger partial charge in [0.1, 0.15) is 11.5 Å². The van der Waals surface area contributed by atoms with Gasteiger partial charge in [0.15, 0.2) is 0 Å². The first-order valence-corrected chi connectivity index (χ1v) is 13.3. The van der Waals surface area contributed by atoms with Crippen LogP contribution < -0.4 is 11.1 Å². The quantitative estimate of drug-likeness (QED) is 0.372. The summed E-state index contributed by atoms with van der Waals surface area (Å²) in [5.41, 5.74) is 6.02. The van der Waals surface area contributed by atoms with Crippen LogP contribution >= 0.6 is 11.8 Å². The molecule has 4 heterocycles. The number of hydrogen-bond donors (Lipinski definition) is 3. The molecule has 11 heteroatoms. The number of aliphatic carboxylic acids is 1. The number of amides is 2. The highest BCUT2D eigenvalue weighted by Crippen LogP contribution is 2.53. The summed E-state index contributed by atoms with van der Waals surface area (Å²) in [4.78, 5) is 56.2. The molecule has 0 aromatic carbocycles. The Hall–Kier alpha value is -1.95. The Labute approximate surface area is 212 Å². The molecule has 4 aliphatic heterocycles. The number of Topliss-reactive ketones (excluding diaryl/α,β-unsaturated/α-hetero) is 1. The van der Waals surface area contributed by atoms with Crippen LogP contribution in [0.25, 0.3) is 0 Å². The van der Waals surface area contributed by atoms with Gasteiger partial charge >= 0.3 is 5.97 Å². The van der Waals surface area contributed by atoms with E-state index >= 15 is 0 Å². The van der Waals surface area contributed by atoms with Crippen molar-refractivity contribution in [2.75, 3.05) is 40.3 Å². The van der Waals surface area contributed by atoms with Gasteiger partial charge in [0.2, 0.25) is 11.8 Å². The van der Waals surface area contributed by atoms with E-state index in [4.69, 9.17) is 5.73 Å². The van der Waals surface area contributed by atoms with Crippen molar-refractivity contribution in [3.8, 4) is 0 Å². The lowest BCUT2D eigenvalue weighted by atomic mass is 9.73. The predicted molar refractivity (Wildman–Crippen MR) is 134 cm³/mol. The van der Waals surface area contributed by atoms with Crippen molar-refractivity contribution in [3.63, 3.8) is 0 Å². The number of hydrogen-bond acceptors (Lipinski definition) is 8. The third-order valence-corrected chi connectivity index (χ3v) is 9.18. The van der Waals surface area contributed by atoms with E-state index in [-0.39, 0.29) is 65.9 Å². The molecule has 0 radical (unpaired) electrons. The van der Waals surface area contributed by atoms with E-state index in [2.05, 4.69) is 5.32 Å². The molecule has 35 heavy (non-hydrogen) atoms. The van der Waals surface area contributed by atoms with Crippen molar-refractivity contribution in [3.05, 3.63) is 10.6 Å². The molecule has 3 fully saturated rings. The minimum absolute atomic E-state index is 0. The lowest BCUT2D eigenvalue weighted by molar-refractivity contribution is -0.160. The number of fused-ring (bicyclic) bond motifs is 1. The number of nitrogens with one attached hydrogen (secondary N) is 1. The smallest absolute Gasteiger partial charge is 0.353 e. The zero-order chi connectivity index (χ0) is 25.6. The SMILES string of the molecule is C[C@H]1C(S[C@@H]2CN[C@H](C(=O)N3CC[C@H](N)C3)C2)=C(C(=O)O)N2C(=O)[C@H]([C@@H](C)CC(=O)CN(C)C)C12.[HH]. The van der Waals surface area contributed by atoms with E-state index in [1.807, 2.05) is 37.7 Å². The fourth-order valence-electron chi connectivity index (χ4n) is 6.04. The van der Waals surface area contributed by atoms with Crippen molar-refractivity contribution in [1.82, 2.24) is 20.0 Å². The van der Waals surface area contributed by atoms with Crippen molar-refractivity contribution in [1.29, 1.82) is 0 Å². The van der Waals surface area contributed by atoms with Crippen molar-refractivity contribution in [2.24, 2.45) is 23.5 Å². The maximum absolute atomic E-state index is 13.1. The Morgan fingerprint density at radius 3 is 2.66 bits per heavy atom. The number of β-lactam (4-membered cyclic amide) rings is 1. The van der Waals surface area contributed by atoms with Crippen LogP contribution in [0.2, 0.25) is 0 Å². The lowest BCUT2D eigenvalue weighted by Crippen LogP contribution is -2.62. The number of nitrogens with zero attached hydrogens (tertiary/aromatic N) is 3. The molecule has 0 spiro atoms. The summed E-state index contributed by atoms with van der Waals surface area (Å²) in [6.45, 7) is 6.06. The molecule has 4 rings (SSSR count). The van der Waals surface area contributed by atoms with E-state index in [1.165, 1.54) is 16.7 Å². The fourth-order valence-corrected chi connectivity index (χ4v) is 7.52. The minimum Gasteiger partial charge on any atom is -0.477 e. The Kier molecular flexibility index (Phi) is 7.61. The Morgan fingerprint density at radius 1 is 1.34 bits per heavy atom. The molecule has 0 aliphatic carbocycles. The van der Waals surface area contributed by atoms with Crippen LogP contribution in [-0.4, -0.2) is 107 Å². The monoisotopic (exact) mass is 509 g/mol. The third-order valence-electron chi connectivity index (χ3n) is 7.67. The highest BCUT2D eigenvalue weighted by molar-refractivity contribution is 8.03. The summed E-state index contributed by atoms with van der Waals surface area (Å²) in [6, 6.07) is -0.502. The van der Waals surface area contributed by atoms with Gasteiger partial charge in [-0.05, 0) is 32.9 Å². The van der Waals surface area contributed by atoms with E-state index in [0.717, 1.165) is 6.42 Å². The van der Waals surface area contributed by atoms with Gasteiger partial charge in [-0.3, -0.25) is 14.4 Å². The average molecular weight is 510 g/mol. The van der Waals surface area contributed by atoms with Crippen molar-refractivity contribution in [2.45, 2.75) is 56.5 Å². The van der Waals surface area contributed by atoms with Gasteiger partial charge in [0.05, 0.1) is 24.5 Å². The summed E-state index contributed by atoms with van der Waals surface area (Å²) in [5, 5.41) is 13.3. The number of carbonyl (C=O) groups excluding carboxylic acids is 3. The number of carboxylic acid groups (broad SMARTS) is 1. The average Bonchev–Trinajstić information content (AvgIpc) is 3.45. The fraction of sp³-hybridized carbons (Fsp3) is 0.750. The zero-order valence-corrected chi connectivity index (χ0v) is 21.7. The molecule has 0 aromatic rings. The first-order valence-electron chi connectivity index (χ1n) is 12.4. The van der Waals surface area contributed by atoms with Crippen molar-refractivity contribution >= 4 is 35.3 Å². The number of carbonyl (C=O) groups is 4. The predicted octanol–water partition coefficient (Wildman–Crippen LogP) is 0.186. The maximum atomic E-state index is 13.1. The first kappa shape index (κ1) is 26.1. The molecular formula is C24H39N5O5S. The van der Waals surface area contributed by atoms with Gasteiger partial charge in [0, 0.05) is 49.6 Å². The molecule has 4 N–H and O–H groups in total. The Morgan fingerprint density at radius 2 is 2.06 bits per heavy atom. The van der Waals surface area contributed by atoms with Crippen LogP contribution in [0, 0.1) is 17.8 Å². The van der Waals surface area contributed by atoms with E-state index in [0.29, 0.717) is 43.9 Å². The van der Waals surface area contributed by atoms with Crippen LogP contribution in [0.15, 0.2) is 10.6 Å². The zero-order valence-electron chi connectivity index (χ0n) is 20.9. The number of carboxylic acids is 1. The van der Waals surface area contributed by atoms with Gasteiger partial charge in [-0.25, -0.2) is 4.79 Å². The number of likely N-dealkylation sites (tertiary alicyclic amines) is 1. The van der Waals surface area contributed by atoms with E-state index in [1.54, 1.807) is 0 Å². The molecule has 0 bridgehead atoms. The highest BCUT2D eigenvalue weighted by atomic mass is 32.2. The Balaban J connectivity index is 0.00000361. The summed E-state index contributed by atoms with van der Waals surface area (Å²) < 4.78 is 0. The number of ketones is 1.